The molecule has 1 aromatic heterocycles. The third-order valence-corrected chi connectivity index (χ3v) is 4.89. The van der Waals surface area contributed by atoms with Crippen molar-refractivity contribution in [1.82, 2.24) is 14.9 Å². The highest BCUT2D eigenvalue weighted by Gasteiger charge is 2.13. The number of amides is 1. The topological polar surface area (TPSA) is 46.9 Å². The van der Waals surface area contributed by atoms with Crippen LogP contribution >= 0.6 is 23.2 Å². The van der Waals surface area contributed by atoms with Gasteiger partial charge in [0.05, 0.1) is 17.6 Å². The summed E-state index contributed by atoms with van der Waals surface area (Å²) in [5.74, 6) is 0.536. The fourth-order valence-electron chi connectivity index (χ4n) is 3.15. The molecular weight excluding hydrogens is 393 g/mol. The van der Waals surface area contributed by atoms with Gasteiger partial charge in [-0.25, -0.2) is 4.98 Å². The van der Waals surface area contributed by atoms with Gasteiger partial charge in [0.1, 0.15) is 5.82 Å². The Kier molecular flexibility index (Phi) is 5.33. The fourth-order valence-corrected chi connectivity index (χ4v) is 3.68. The molecule has 1 heterocycles. The molecule has 6 heteroatoms. The first kappa shape index (κ1) is 18.5. The van der Waals surface area contributed by atoms with E-state index in [0.717, 1.165) is 16.9 Å². The second-order valence-corrected chi connectivity index (χ2v) is 7.30. The summed E-state index contributed by atoms with van der Waals surface area (Å²) in [5.41, 5.74) is 3.51. The Labute approximate surface area is 172 Å². The van der Waals surface area contributed by atoms with Gasteiger partial charge in [0.2, 0.25) is 0 Å². The molecule has 0 saturated heterocycles. The van der Waals surface area contributed by atoms with E-state index in [1.54, 1.807) is 18.2 Å². The minimum absolute atomic E-state index is 0.247. The van der Waals surface area contributed by atoms with Crippen molar-refractivity contribution in [2.45, 2.75) is 13.1 Å². The van der Waals surface area contributed by atoms with Gasteiger partial charge >= 0.3 is 0 Å². The maximum absolute atomic E-state index is 12.5. The Hall–Kier alpha value is -2.82. The molecule has 4 aromatic rings. The summed E-state index contributed by atoms with van der Waals surface area (Å²) in [6.45, 7) is 0.972. The van der Waals surface area contributed by atoms with Crippen LogP contribution in [0.25, 0.3) is 11.0 Å². The molecule has 0 unspecified atom stereocenters. The van der Waals surface area contributed by atoms with Crippen molar-refractivity contribution in [1.29, 1.82) is 0 Å². The highest BCUT2D eigenvalue weighted by atomic mass is 35.5. The average molecular weight is 410 g/mol. The number of carbonyl (C=O) groups is 1. The molecule has 0 bridgehead atoms. The van der Waals surface area contributed by atoms with Crippen LogP contribution in [-0.2, 0) is 13.1 Å². The number of para-hydroxylation sites is 2. The summed E-state index contributed by atoms with van der Waals surface area (Å²) >= 11 is 12.0. The lowest BCUT2D eigenvalue weighted by Gasteiger charge is -2.11. The van der Waals surface area contributed by atoms with Crippen LogP contribution in [0.3, 0.4) is 0 Å². The highest BCUT2D eigenvalue weighted by molar-refractivity contribution is 6.35. The first-order chi connectivity index (χ1) is 13.6. The Morgan fingerprint density at radius 3 is 2.36 bits per heavy atom. The Balaban J connectivity index is 1.61. The van der Waals surface area contributed by atoms with Crippen LogP contribution in [0.15, 0.2) is 72.8 Å². The number of halogens is 2. The lowest BCUT2D eigenvalue weighted by molar-refractivity contribution is 0.0949. The molecule has 1 amide bonds. The Morgan fingerprint density at radius 1 is 0.929 bits per heavy atom. The molecule has 140 valence electrons. The van der Waals surface area contributed by atoms with Gasteiger partial charge < -0.3 is 9.88 Å². The van der Waals surface area contributed by atoms with Crippen molar-refractivity contribution in [2.75, 3.05) is 0 Å². The first-order valence-corrected chi connectivity index (χ1v) is 9.58. The van der Waals surface area contributed by atoms with Crippen LogP contribution < -0.4 is 5.32 Å². The number of aromatic nitrogens is 2. The summed E-state index contributed by atoms with van der Waals surface area (Å²) in [7, 11) is 0. The van der Waals surface area contributed by atoms with Crippen LogP contribution in [0.5, 0.6) is 0 Å². The molecule has 4 nitrogen and oxygen atoms in total. The molecule has 0 aliphatic carbocycles. The standard InChI is InChI=1S/C22H17Cl2N3O/c23-17-10-16(11-18(24)12-17)22(28)25-13-21-26-19-8-4-5-9-20(19)27(21)14-15-6-2-1-3-7-15/h1-12H,13-14H2,(H,25,28). The largest absolute Gasteiger partial charge is 0.345 e. The van der Waals surface area contributed by atoms with Gasteiger partial charge in [-0.1, -0.05) is 65.7 Å². The maximum atomic E-state index is 12.5. The summed E-state index contributed by atoms with van der Waals surface area (Å²) < 4.78 is 2.12. The lowest BCUT2D eigenvalue weighted by Crippen LogP contribution is -2.25. The van der Waals surface area contributed by atoms with Gasteiger partial charge in [-0.15, -0.1) is 0 Å². The van der Waals surface area contributed by atoms with Crippen LogP contribution in [0.1, 0.15) is 21.7 Å². The molecule has 0 saturated carbocycles. The SMILES string of the molecule is O=C(NCc1nc2ccccc2n1Cc1ccccc1)c1cc(Cl)cc(Cl)c1. The zero-order valence-corrected chi connectivity index (χ0v) is 16.4. The van der Waals surface area contributed by atoms with Gasteiger partial charge in [0.25, 0.3) is 5.91 Å². The smallest absolute Gasteiger partial charge is 0.251 e. The Morgan fingerprint density at radius 2 is 1.61 bits per heavy atom. The number of imidazole rings is 1. The third-order valence-electron chi connectivity index (χ3n) is 4.45. The van der Waals surface area contributed by atoms with Crippen molar-refractivity contribution in [3.63, 3.8) is 0 Å². The third kappa shape index (κ3) is 4.03. The minimum Gasteiger partial charge on any atom is -0.345 e. The number of rotatable bonds is 5. The van der Waals surface area contributed by atoms with Crippen molar-refractivity contribution < 1.29 is 4.79 Å². The number of hydrogen-bond donors (Lipinski definition) is 1. The van der Waals surface area contributed by atoms with E-state index in [0.29, 0.717) is 28.7 Å². The predicted molar refractivity (Wildman–Crippen MR) is 113 cm³/mol. The fraction of sp³-hybridized carbons (Fsp3) is 0.0909. The van der Waals surface area contributed by atoms with Crippen molar-refractivity contribution >= 4 is 40.1 Å². The second kappa shape index (κ2) is 8.05. The molecule has 0 atom stereocenters. The lowest BCUT2D eigenvalue weighted by atomic mass is 10.2. The molecule has 28 heavy (non-hydrogen) atoms. The molecule has 4 rings (SSSR count). The summed E-state index contributed by atoms with van der Waals surface area (Å²) in [6.07, 6.45) is 0. The quantitative estimate of drug-likeness (QED) is 0.484. The summed E-state index contributed by atoms with van der Waals surface area (Å²) in [6, 6.07) is 22.9. The monoisotopic (exact) mass is 409 g/mol. The van der Waals surface area contributed by atoms with E-state index in [-0.39, 0.29) is 5.91 Å². The van der Waals surface area contributed by atoms with Crippen LogP contribution in [0, 0.1) is 0 Å². The highest BCUT2D eigenvalue weighted by Crippen LogP contribution is 2.20. The number of benzene rings is 3. The van der Waals surface area contributed by atoms with Crippen LogP contribution in [-0.4, -0.2) is 15.5 Å². The van der Waals surface area contributed by atoms with E-state index in [1.807, 2.05) is 42.5 Å². The number of fused-ring (bicyclic) bond motifs is 1. The van der Waals surface area contributed by atoms with Crippen molar-refractivity contribution in [2.24, 2.45) is 0 Å². The molecule has 0 radical (unpaired) electrons. The zero-order chi connectivity index (χ0) is 19.5. The van der Waals surface area contributed by atoms with Gasteiger partial charge in [0, 0.05) is 22.2 Å². The predicted octanol–water partition coefficient (Wildman–Crippen LogP) is 5.32. The Bertz CT molecular complexity index is 1120. The van der Waals surface area contributed by atoms with E-state index in [9.17, 15) is 4.79 Å². The van der Waals surface area contributed by atoms with Crippen LogP contribution in [0.4, 0.5) is 0 Å². The molecular formula is C22H17Cl2N3O. The van der Waals surface area contributed by atoms with Gasteiger partial charge in [-0.3, -0.25) is 4.79 Å². The summed E-state index contributed by atoms with van der Waals surface area (Å²) in [5, 5.41) is 3.77. The molecule has 0 spiro atoms. The van der Waals surface area contributed by atoms with Gasteiger partial charge in [-0.2, -0.15) is 0 Å². The van der Waals surface area contributed by atoms with E-state index in [1.165, 1.54) is 5.56 Å². The normalized spacial score (nSPS) is 10.9. The molecule has 3 aromatic carbocycles. The zero-order valence-electron chi connectivity index (χ0n) is 14.9. The molecule has 0 aliphatic heterocycles. The number of carbonyl (C=O) groups excluding carboxylic acids is 1. The first-order valence-electron chi connectivity index (χ1n) is 8.82. The van der Waals surface area contributed by atoms with Gasteiger partial charge in [-0.05, 0) is 35.9 Å². The van der Waals surface area contributed by atoms with Gasteiger partial charge in [0.15, 0.2) is 0 Å². The molecule has 0 fully saturated rings. The number of nitrogens with zero attached hydrogens (tertiary/aromatic N) is 2. The molecule has 1 N–H and O–H groups in total. The van der Waals surface area contributed by atoms with Crippen molar-refractivity contribution in [3.05, 3.63) is 99.8 Å². The van der Waals surface area contributed by atoms with E-state index >= 15 is 0 Å². The maximum Gasteiger partial charge on any atom is 0.251 e. The second-order valence-electron chi connectivity index (χ2n) is 6.43. The minimum atomic E-state index is -0.247. The summed E-state index contributed by atoms with van der Waals surface area (Å²) in [4.78, 5) is 17.2. The van der Waals surface area contributed by atoms with Crippen LogP contribution in [0.2, 0.25) is 10.0 Å². The number of hydrogen-bond acceptors (Lipinski definition) is 2. The van der Waals surface area contributed by atoms with E-state index < -0.39 is 0 Å². The van der Waals surface area contributed by atoms with E-state index in [4.69, 9.17) is 28.2 Å². The van der Waals surface area contributed by atoms with Crippen molar-refractivity contribution in [3.8, 4) is 0 Å². The molecule has 0 aliphatic rings. The number of nitrogens with one attached hydrogen (secondary N) is 1. The van der Waals surface area contributed by atoms with E-state index in [2.05, 4.69) is 22.0 Å². The average Bonchev–Trinajstić information content (AvgIpc) is 3.04.